The monoisotopic (exact) mass is 293 g/mol. The van der Waals surface area contributed by atoms with Gasteiger partial charge in [0.25, 0.3) is 5.91 Å². The van der Waals surface area contributed by atoms with E-state index >= 15 is 0 Å². The number of carbonyl (C=O) groups is 2. The summed E-state index contributed by atoms with van der Waals surface area (Å²) < 4.78 is 5.57. The Morgan fingerprint density at radius 1 is 1.42 bits per heavy atom. The zero-order valence-electron chi connectivity index (χ0n) is 11.6. The number of nitrogens with two attached hydrogens (primary N) is 1. The maximum Gasteiger partial charge on any atom is 0.252 e. The largest absolute Gasteiger partial charge is 0.364 e. The van der Waals surface area contributed by atoms with Crippen LogP contribution >= 0.6 is 12.4 Å². The summed E-state index contributed by atoms with van der Waals surface area (Å²) in [5.74, 6) is -0.262. The minimum atomic E-state index is -0.435. The van der Waals surface area contributed by atoms with Crippen LogP contribution in [-0.4, -0.2) is 55.6 Å². The lowest BCUT2D eigenvalue weighted by Crippen LogP contribution is -2.45. The summed E-state index contributed by atoms with van der Waals surface area (Å²) >= 11 is 0. The first-order valence-corrected chi connectivity index (χ1v) is 6.47. The number of nitrogens with one attached hydrogen (secondary N) is 1. The van der Waals surface area contributed by atoms with Crippen molar-refractivity contribution in [2.45, 2.75) is 38.4 Å². The van der Waals surface area contributed by atoms with Crippen LogP contribution in [0, 0.1) is 0 Å². The van der Waals surface area contributed by atoms with E-state index in [-0.39, 0.29) is 36.9 Å². The van der Waals surface area contributed by atoms with E-state index in [0.29, 0.717) is 19.5 Å². The highest BCUT2D eigenvalue weighted by Gasteiger charge is 2.33. The molecule has 1 aliphatic heterocycles. The zero-order valence-corrected chi connectivity index (χ0v) is 12.4. The molecule has 7 heteroatoms. The second-order valence-electron chi connectivity index (χ2n) is 4.49. The Kier molecular flexibility index (Phi) is 8.71. The van der Waals surface area contributed by atoms with Gasteiger partial charge in [0, 0.05) is 20.1 Å². The van der Waals surface area contributed by atoms with E-state index in [0.717, 1.165) is 12.8 Å². The molecule has 0 bridgehead atoms. The molecule has 2 amide bonds. The predicted molar refractivity (Wildman–Crippen MR) is 75.1 cm³/mol. The van der Waals surface area contributed by atoms with Crippen molar-refractivity contribution < 1.29 is 14.3 Å². The molecule has 0 aliphatic carbocycles. The Balaban J connectivity index is 0.00000324. The van der Waals surface area contributed by atoms with Gasteiger partial charge >= 0.3 is 0 Å². The van der Waals surface area contributed by atoms with Gasteiger partial charge in [0.15, 0.2) is 0 Å². The maximum absolute atomic E-state index is 12.2. The third kappa shape index (κ3) is 5.34. The lowest BCUT2D eigenvalue weighted by atomic mass is 10.1. The summed E-state index contributed by atoms with van der Waals surface area (Å²) in [7, 11) is 1.56. The third-order valence-corrected chi connectivity index (χ3v) is 3.06. The van der Waals surface area contributed by atoms with Gasteiger partial charge in [0.2, 0.25) is 5.91 Å². The highest BCUT2D eigenvalue weighted by molar-refractivity contribution is 5.87. The fourth-order valence-corrected chi connectivity index (χ4v) is 2.05. The van der Waals surface area contributed by atoms with E-state index in [1.54, 1.807) is 11.9 Å². The fraction of sp³-hybridized carbons (Fsp3) is 0.833. The first-order valence-electron chi connectivity index (χ1n) is 6.47. The van der Waals surface area contributed by atoms with Crippen LogP contribution in [0.2, 0.25) is 0 Å². The third-order valence-electron chi connectivity index (χ3n) is 3.06. The lowest BCUT2D eigenvalue weighted by molar-refractivity contribution is -0.145. The molecule has 1 aliphatic rings. The van der Waals surface area contributed by atoms with Crippen LogP contribution in [0.25, 0.3) is 0 Å². The average Bonchev–Trinajstić information content (AvgIpc) is 2.85. The molecule has 0 aromatic carbocycles. The van der Waals surface area contributed by atoms with Crippen LogP contribution in [-0.2, 0) is 14.3 Å². The van der Waals surface area contributed by atoms with Crippen LogP contribution < -0.4 is 11.1 Å². The number of amides is 2. The highest BCUT2D eigenvalue weighted by atomic mass is 35.5. The molecule has 0 spiro atoms. The van der Waals surface area contributed by atoms with E-state index in [4.69, 9.17) is 10.5 Å². The van der Waals surface area contributed by atoms with Crippen molar-refractivity contribution in [3.8, 4) is 0 Å². The van der Waals surface area contributed by atoms with Gasteiger partial charge in [-0.3, -0.25) is 9.59 Å². The molecule has 2 atom stereocenters. The smallest absolute Gasteiger partial charge is 0.252 e. The summed E-state index contributed by atoms with van der Waals surface area (Å²) in [4.78, 5) is 25.2. The van der Waals surface area contributed by atoms with Gasteiger partial charge in [-0.1, -0.05) is 6.92 Å². The zero-order chi connectivity index (χ0) is 13.5. The van der Waals surface area contributed by atoms with Gasteiger partial charge in [-0.15, -0.1) is 12.4 Å². The molecule has 19 heavy (non-hydrogen) atoms. The normalized spacial score (nSPS) is 21.6. The molecule has 0 saturated carbocycles. The number of nitrogens with zero attached hydrogens (tertiary/aromatic N) is 1. The van der Waals surface area contributed by atoms with E-state index < -0.39 is 6.10 Å². The van der Waals surface area contributed by atoms with E-state index in [1.165, 1.54) is 0 Å². The average molecular weight is 294 g/mol. The number of hydrogen-bond acceptors (Lipinski definition) is 4. The molecule has 1 saturated heterocycles. The minimum absolute atomic E-state index is 0. The summed E-state index contributed by atoms with van der Waals surface area (Å²) in [6.07, 6.45) is 1.86. The van der Waals surface area contributed by atoms with Crippen LogP contribution in [0.1, 0.15) is 26.2 Å². The van der Waals surface area contributed by atoms with Gasteiger partial charge in [-0.25, -0.2) is 0 Å². The second kappa shape index (κ2) is 9.12. The first-order chi connectivity index (χ1) is 8.62. The molecule has 0 aromatic rings. The minimum Gasteiger partial charge on any atom is -0.364 e. The van der Waals surface area contributed by atoms with Gasteiger partial charge in [0.1, 0.15) is 6.10 Å². The van der Waals surface area contributed by atoms with Gasteiger partial charge in [-0.2, -0.15) is 0 Å². The van der Waals surface area contributed by atoms with Crippen molar-refractivity contribution in [2.75, 3.05) is 26.7 Å². The Labute approximate surface area is 120 Å². The van der Waals surface area contributed by atoms with E-state index in [9.17, 15) is 9.59 Å². The lowest BCUT2D eigenvalue weighted by Gasteiger charge is -2.24. The summed E-state index contributed by atoms with van der Waals surface area (Å²) in [5.41, 5.74) is 5.52. The van der Waals surface area contributed by atoms with Crippen molar-refractivity contribution in [3.63, 3.8) is 0 Å². The van der Waals surface area contributed by atoms with Gasteiger partial charge in [0.05, 0.1) is 12.6 Å². The van der Waals surface area contributed by atoms with Crippen LogP contribution in [0.15, 0.2) is 0 Å². The van der Waals surface area contributed by atoms with Gasteiger partial charge in [-0.05, 0) is 19.3 Å². The number of rotatable bonds is 6. The maximum atomic E-state index is 12.2. The second-order valence-corrected chi connectivity index (χ2v) is 4.49. The molecule has 112 valence electrons. The Hall–Kier alpha value is -0.850. The molecule has 6 nitrogen and oxygen atoms in total. The standard InChI is InChI=1S/C12H23N3O3.ClH/c1-3-6-15(8-11(16)14-2)12(17)10-5-4-9(7-13)18-10;/h9-10H,3-8,13H2,1-2H3,(H,14,16);1H/t9-,10+;/m1./s1. The van der Waals surface area contributed by atoms with Crippen LogP contribution in [0.5, 0.6) is 0 Å². The van der Waals surface area contributed by atoms with E-state index in [2.05, 4.69) is 5.32 Å². The summed E-state index contributed by atoms with van der Waals surface area (Å²) in [5, 5.41) is 2.53. The molecule has 1 heterocycles. The molecular weight excluding hydrogens is 270 g/mol. The first kappa shape index (κ1) is 18.1. The van der Waals surface area contributed by atoms with E-state index in [1.807, 2.05) is 6.92 Å². The molecule has 3 N–H and O–H groups in total. The fourth-order valence-electron chi connectivity index (χ4n) is 2.05. The van der Waals surface area contributed by atoms with Crippen molar-refractivity contribution >= 4 is 24.2 Å². The van der Waals surface area contributed by atoms with Crippen molar-refractivity contribution in [1.29, 1.82) is 0 Å². The molecule has 0 radical (unpaired) electrons. The number of likely N-dealkylation sites (N-methyl/N-ethyl adjacent to an activating group) is 1. The number of carbonyl (C=O) groups excluding carboxylic acids is 2. The molecule has 0 aromatic heterocycles. The van der Waals surface area contributed by atoms with Crippen molar-refractivity contribution in [3.05, 3.63) is 0 Å². The number of hydrogen-bond donors (Lipinski definition) is 2. The quantitative estimate of drug-likeness (QED) is 0.716. The molecular formula is C12H24ClN3O3. The SMILES string of the molecule is CCCN(CC(=O)NC)C(=O)[C@@H]1CC[C@H](CN)O1.Cl. The van der Waals surface area contributed by atoms with Gasteiger partial charge < -0.3 is 20.7 Å². The number of ether oxygens (including phenoxy) is 1. The Morgan fingerprint density at radius 3 is 2.58 bits per heavy atom. The molecule has 1 fully saturated rings. The van der Waals surface area contributed by atoms with Crippen molar-refractivity contribution in [1.82, 2.24) is 10.2 Å². The Bertz CT molecular complexity index is 302. The van der Waals surface area contributed by atoms with Crippen LogP contribution in [0.3, 0.4) is 0 Å². The number of halogens is 1. The summed E-state index contributed by atoms with van der Waals surface area (Å²) in [6, 6.07) is 0. The molecule has 1 rings (SSSR count). The van der Waals surface area contributed by atoms with Crippen molar-refractivity contribution in [2.24, 2.45) is 5.73 Å². The summed E-state index contributed by atoms with van der Waals surface area (Å²) in [6.45, 7) is 3.07. The Morgan fingerprint density at radius 2 is 2.11 bits per heavy atom. The topological polar surface area (TPSA) is 84.7 Å². The predicted octanol–water partition coefficient (Wildman–Crippen LogP) is -0.101. The highest BCUT2D eigenvalue weighted by Crippen LogP contribution is 2.20. The van der Waals surface area contributed by atoms with Crippen LogP contribution in [0.4, 0.5) is 0 Å². The molecule has 0 unspecified atom stereocenters.